The van der Waals surface area contributed by atoms with Crippen molar-refractivity contribution in [1.29, 1.82) is 0 Å². The minimum absolute atomic E-state index is 0.202. The normalized spacial score (nSPS) is 10.8. The van der Waals surface area contributed by atoms with Gasteiger partial charge in [-0.05, 0) is 66.6 Å². The van der Waals surface area contributed by atoms with Gasteiger partial charge in [-0.1, -0.05) is 48.7 Å². The number of hydrogen-bond donors (Lipinski definition) is 1. The predicted molar refractivity (Wildman–Crippen MR) is 130 cm³/mol. The Hall–Kier alpha value is -3.35. The molecule has 0 saturated carbocycles. The van der Waals surface area contributed by atoms with Crippen LogP contribution in [0.25, 0.3) is 0 Å². The maximum atomic E-state index is 12.4. The fourth-order valence-electron chi connectivity index (χ4n) is 2.74. The molecule has 0 saturated heterocycles. The van der Waals surface area contributed by atoms with E-state index in [1.807, 2.05) is 0 Å². The van der Waals surface area contributed by atoms with Crippen molar-refractivity contribution in [1.82, 2.24) is 5.43 Å². The molecule has 0 spiro atoms. The Morgan fingerprint density at radius 1 is 1.00 bits per heavy atom. The molecule has 0 unspecified atom stereocenters. The third-order valence-corrected chi connectivity index (χ3v) is 5.03. The molecular formula is C25H22Cl2N2O4. The number of nitrogens with one attached hydrogen (secondary N) is 1. The zero-order valence-corrected chi connectivity index (χ0v) is 19.4. The van der Waals surface area contributed by atoms with E-state index >= 15 is 0 Å². The first-order valence-corrected chi connectivity index (χ1v) is 11.1. The van der Waals surface area contributed by atoms with Crippen LogP contribution in [0.15, 0.2) is 71.8 Å². The second-order valence-corrected chi connectivity index (χ2v) is 7.86. The molecule has 0 heterocycles. The zero-order chi connectivity index (χ0) is 23.6. The number of unbranched alkanes of at least 4 members (excludes halogenated alkanes) is 1. The van der Waals surface area contributed by atoms with E-state index in [0.717, 1.165) is 18.6 Å². The number of amides is 1. The monoisotopic (exact) mass is 484 g/mol. The zero-order valence-electron chi connectivity index (χ0n) is 17.9. The molecule has 3 aromatic carbocycles. The van der Waals surface area contributed by atoms with E-state index in [9.17, 15) is 9.59 Å². The number of carbonyl (C=O) groups is 2. The minimum atomic E-state index is -0.610. The standard InChI is InChI=1S/C25H22Cl2N2O4/c1-2-3-13-32-20-10-7-18(8-11-20)24(30)29-28-16-17-5-4-6-21(14-17)33-25(31)22-12-9-19(26)15-23(22)27/h4-12,14-16H,2-3,13H2,1H3,(H,29,30). The van der Waals surface area contributed by atoms with Crippen molar-refractivity contribution in [2.45, 2.75) is 19.8 Å². The first-order valence-electron chi connectivity index (χ1n) is 10.3. The first-order chi connectivity index (χ1) is 16.0. The quantitative estimate of drug-likeness (QED) is 0.130. The van der Waals surface area contributed by atoms with E-state index in [2.05, 4.69) is 17.5 Å². The van der Waals surface area contributed by atoms with Crippen molar-refractivity contribution in [2.75, 3.05) is 6.61 Å². The van der Waals surface area contributed by atoms with Crippen LogP contribution in [0.5, 0.6) is 11.5 Å². The van der Waals surface area contributed by atoms with Crippen LogP contribution in [0.4, 0.5) is 0 Å². The molecule has 0 aromatic heterocycles. The highest BCUT2D eigenvalue weighted by Gasteiger charge is 2.13. The molecule has 8 heteroatoms. The molecule has 0 radical (unpaired) electrons. The molecule has 1 amide bonds. The molecular weight excluding hydrogens is 463 g/mol. The molecule has 0 aliphatic carbocycles. The SMILES string of the molecule is CCCCOc1ccc(C(=O)NN=Cc2cccc(OC(=O)c3ccc(Cl)cc3Cl)c2)cc1. The molecule has 0 aliphatic heterocycles. The molecule has 3 aromatic rings. The van der Waals surface area contributed by atoms with Gasteiger partial charge in [0.1, 0.15) is 11.5 Å². The lowest BCUT2D eigenvalue weighted by Crippen LogP contribution is -2.17. The highest BCUT2D eigenvalue weighted by atomic mass is 35.5. The van der Waals surface area contributed by atoms with Crippen molar-refractivity contribution < 1.29 is 19.1 Å². The number of esters is 1. The van der Waals surface area contributed by atoms with Crippen molar-refractivity contribution in [3.63, 3.8) is 0 Å². The van der Waals surface area contributed by atoms with E-state index in [1.165, 1.54) is 18.3 Å². The highest BCUT2D eigenvalue weighted by Crippen LogP contribution is 2.23. The Morgan fingerprint density at radius 3 is 2.52 bits per heavy atom. The van der Waals surface area contributed by atoms with E-state index in [1.54, 1.807) is 54.6 Å². The van der Waals surface area contributed by atoms with Crippen LogP contribution in [0, 0.1) is 0 Å². The maximum absolute atomic E-state index is 12.4. The summed E-state index contributed by atoms with van der Waals surface area (Å²) in [5, 5.41) is 4.60. The van der Waals surface area contributed by atoms with Crippen LogP contribution in [-0.4, -0.2) is 24.7 Å². The van der Waals surface area contributed by atoms with Gasteiger partial charge >= 0.3 is 5.97 Å². The summed E-state index contributed by atoms with van der Waals surface area (Å²) in [5.41, 5.74) is 3.76. The Bertz CT molecular complexity index is 1150. The van der Waals surface area contributed by atoms with Crippen LogP contribution in [-0.2, 0) is 0 Å². The maximum Gasteiger partial charge on any atom is 0.345 e. The number of ether oxygens (including phenoxy) is 2. The second kappa shape index (κ2) is 12.0. The molecule has 0 bridgehead atoms. The first kappa shape index (κ1) is 24.3. The smallest absolute Gasteiger partial charge is 0.345 e. The summed E-state index contributed by atoms with van der Waals surface area (Å²) >= 11 is 11.9. The fourth-order valence-corrected chi connectivity index (χ4v) is 3.23. The van der Waals surface area contributed by atoms with Crippen LogP contribution in [0.2, 0.25) is 10.0 Å². The van der Waals surface area contributed by atoms with E-state index in [-0.39, 0.29) is 16.5 Å². The summed E-state index contributed by atoms with van der Waals surface area (Å²) in [7, 11) is 0. The summed E-state index contributed by atoms with van der Waals surface area (Å²) in [6.45, 7) is 2.74. The predicted octanol–water partition coefficient (Wildman–Crippen LogP) is 6.16. The Labute approximate surface area is 202 Å². The van der Waals surface area contributed by atoms with Crippen molar-refractivity contribution in [2.24, 2.45) is 5.10 Å². The third-order valence-electron chi connectivity index (χ3n) is 4.48. The van der Waals surface area contributed by atoms with Gasteiger partial charge in [-0.25, -0.2) is 10.2 Å². The average Bonchev–Trinajstić information content (AvgIpc) is 2.80. The number of nitrogens with zero attached hydrogens (tertiary/aromatic N) is 1. The van der Waals surface area contributed by atoms with Gasteiger partial charge in [0.2, 0.25) is 0 Å². The van der Waals surface area contributed by atoms with Gasteiger partial charge in [0.15, 0.2) is 0 Å². The fraction of sp³-hybridized carbons (Fsp3) is 0.160. The van der Waals surface area contributed by atoms with Crippen LogP contribution in [0.1, 0.15) is 46.0 Å². The molecule has 3 rings (SSSR count). The number of benzene rings is 3. The van der Waals surface area contributed by atoms with Crippen molar-refractivity contribution >= 4 is 41.3 Å². The molecule has 0 fully saturated rings. The van der Waals surface area contributed by atoms with E-state index in [4.69, 9.17) is 32.7 Å². The van der Waals surface area contributed by atoms with E-state index < -0.39 is 5.97 Å². The Morgan fingerprint density at radius 2 is 1.79 bits per heavy atom. The summed E-state index contributed by atoms with van der Waals surface area (Å²) < 4.78 is 11.0. The summed E-state index contributed by atoms with van der Waals surface area (Å²) in [4.78, 5) is 24.6. The van der Waals surface area contributed by atoms with Gasteiger partial charge in [0.25, 0.3) is 5.91 Å². The van der Waals surface area contributed by atoms with Crippen LogP contribution < -0.4 is 14.9 Å². The summed E-state index contributed by atoms with van der Waals surface area (Å²) in [6.07, 6.45) is 3.49. The molecule has 6 nitrogen and oxygen atoms in total. The van der Waals surface area contributed by atoms with Gasteiger partial charge in [0, 0.05) is 10.6 Å². The van der Waals surface area contributed by atoms with Crippen molar-refractivity contribution in [3.05, 3.63) is 93.5 Å². The van der Waals surface area contributed by atoms with Crippen molar-refractivity contribution in [3.8, 4) is 11.5 Å². The number of halogens is 2. The highest BCUT2D eigenvalue weighted by molar-refractivity contribution is 6.36. The average molecular weight is 485 g/mol. The number of hydrazone groups is 1. The minimum Gasteiger partial charge on any atom is -0.494 e. The number of hydrogen-bond acceptors (Lipinski definition) is 5. The van der Waals surface area contributed by atoms with Gasteiger partial charge in [-0.15, -0.1) is 0 Å². The summed E-state index contributed by atoms with van der Waals surface area (Å²) in [5.74, 6) is 0.0576. The summed E-state index contributed by atoms with van der Waals surface area (Å²) in [6, 6.07) is 18.1. The van der Waals surface area contributed by atoms with E-state index in [0.29, 0.717) is 28.5 Å². The molecule has 0 aliphatic rings. The molecule has 1 N–H and O–H groups in total. The molecule has 170 valence electrons. The Kier molecular flexibility index (Phi) is 8.87. The lowest BCUT2D eigenvalue weighted by Gasteiger charge is -2.07. The van der Waals surface area contributed by atoms with Gasteiger partial charge in [-0.3, -0.25) is 4.79 Å². The number of rotatable bonds is 9. The Balaban J connectivity index is 1.56. The second-order valence-electron chi connectivity index (χ2n) is 7.01. The third kappa shape index (κ3) is 7.34. The van der Waals surface area contributed by atoms with Crippen LogP contribution in [0.3, 0.4) is 0 Å². The lowest BCUT2D eigenvalue weighted by molar-refractivity contribution is 0.0734. The van der Waals surface area contributed by atoms with Gasteiger partial charge in [0.05, 0.1) is 23.4 Å². The number of carbonyl (C=O) groups excluding carboxylic acids is 2. The topological polar surface area (TPSA) is 77.0 Å². The van der Waals surface area contributed by atoms with Gasteiger partial charge in [-0.2, -0.15) is 5.10 Å². The molecule has 33 heavy (non-hydrogen) atoms. The molecule has 0 atom stereocenters. The van der Waals surface area contributed by atoms with Gasteiger partial charge < -0.3 is 9.47 Å². The van der Waals surface area contributed by atoms with Crippen LogP contribution >= 0.6 is 23.2 Å². The largest absolute Gasteiger partial charge is 0.494 e. The lowest BCUT2D eigenvalue weighted by atomic mass is 10.2.